The average molecular weight is 472 g/mol. The number of halogens is 4. The quantitative estimate of drug-likeness (QED) is 0.328. The van der Waals surface area contributed by atoms with Crippen LogP contribution in [0.15, 0.2) is 0 Å². The van der Waals surface area contributed by atoms with Crippen molar-refractivity contribution in [2.75, 3.05) is 0 Å². The summed E-state index contributed by atoms with van der Waals surface area (Å²) in [7, 11) is -1.99. The van der Waals surface area contributed by atoms with E-state index in [2.05, 4.69) is 13.8 Å². The predicted octanol–water partition coefficient (Wildman–Crippen LogP) is 7.53. The highest BCUT2D eigenvalue weighted by molar-refractivity contribution is 6.70. The first-order chi connectivity index (χ1) is 12.3. The van der Waals surface area contributed by atoms with Crippen LogP contribution in [0.3, 0.4) is 0 Å². The number of ether oxygens (including phenoxy) is 1. The van der Waals surface area contributed by atoms with Crippen LogP contribution in [0.5, 0.6) is 11.5 Å². The third-order valence-electron chi connectivity index (χ3n) is 4.78. The molecular formula is C19H26Cl4O3Si. The second kappa shape index (κ2) is 8.70. The molecule has 0 saturated heterocycles. The standard InChI is InChI=1S/C19H26Cl4O3Si/c1-9(2)11-8-7-10(3)16(24)17(11)25-18-12(20)14(22)19(15(23)13(18)21)26-27(4,5)6/h9-11,17H,7-8H2,1-6H3. The smallest absolute Gasteiger partial charge is 0.242 e. The molecular weight excluding hydrogens is 446 g/mol. The van der Waals surface area contributed by atoms with E-state index in [1.165, 1.54) is 0 Å². The Morgan fingerprint density at radius 1 is 0.926 bits per heavy atom. The van der Waals surface area contributed by atoms with Crippen molar-refractivity contribution in [1.29, 1.82) is 0 Å². The number of hydrogen-bond acceptors (Lipinski definition) is 3. The van der Waals surface area contributed by atoms with Gasteiger partial charge < -0.3 is 9.16 Å². The number of ketones is 1. The molecule has 1 aromatic carbocycles. The van der Waals surface area contributed by atoms with Gasteiger partial charge in [0, 0.05) is 11.8 Å². The molecule has 0 aliphatic heterocycles. The average Bonchev–Trinajstić information content (AvgIpc) is 2.56. The van der Waals surface area contributed by atoms with Crippen molar-refractivity contribution >= 4 is 60.5 Å². The van der Waals surface area contributed by atoms with Crippen LogP contribution in [0.2, 0.25) is 39.7 Å². The molecule has 8 heteroatoms. The number of benzene rings is 1. The van der Waals surface area contributed by atoms with Crippen LogP contribution in [-0.2, 0) is 4.79 Å². The predicted molar refractivity (Wildman–Crippen MR) is 117 cm³/mol. The maximum Gasteiger partial charge on any atom is 0.242 e. The Bertz CT molecular complexity index is 702. The summed E-state index contributed by atoms with van der Waals surface area (Å²) in [5.41, 5.74) is 0. The van der Waals surface area contributed by atoms with Gasteiger partial charge in [-0.15, -0.1) is 0 Å². The van der Waals surface area contributed by atoms with Crippen molar-refractivity contribution in [2.24, 2.45) is 17.8 Å². The molecule has 1 aliphatic carbocycles. The lowest BCUT2D eigenvalue weighted by Crippen LogP contribution is -2.44. The molecule has 0 radical (unpaired) electrons. The fourth-order valence-corrected chi connectivity index (χ4v) is 5.20. The van der Waals surface area contributed by atoms with Crippen LogP contribution in [0, 0.1) is 17.8 Å². The van der Waals surface area contributed by atoms with Crippen LogP contribution in [0.4, 0.5) is 0 Å². The summed E-state index contributed by atoms with van der Waals surface area (Å²) in [5, 5.41) is 0.544. The molecule has 2 rings (SSSR count). The number of carbonyl (C=O) groups is 1. The molecule has 1 aromatic rings. The summed E-state index contributed by atoms with van der Waals surface area (Å²) in [6, 6.07) is 0. The van der Waals surface area contributed by atoms with Crippen LogP contribution in [0.25, 0.3) is 0 Å². The van der Waals surface area contributed by atoms with E-state index in [1.807, 2.05) is 26.6 Å². The zero-order chi connectivity index (χ0) is 20.7. The Kier molecular flexibility index (Phi) is 7.46. The molecule has 0 aromatic heterocycles. The molecule has 3 nitrogen and oxygen atoms in total. The van der Waals surface area contributed by atoms with E-state index in [1.54, 1.807) is 0 Å². The van der Waals surface area contributed by atoms with Crippen LogP contribution < -0.4 is 9.16 Å². The van der Waals surface area contributed by atoms with E-state index >= 15 is 0 Å². The largest absolute Gasteiger partial charge is 0.542 e. The second-order valence-electron chi connectivity index (χ2n) is 8.46. The Hall–Kier alpha value is -0.133. The molecule has 3 unspecified atom stereocenters. The topological polar surface area (TPSA) is 35.5 Å². The summed E-state index contributed by atoms with van der Waals surface area (Å²) in [6.07, 6.45) is 1.13. The van der Waals surface area contributed by atoms with Gasteiger partial charge in [0.1, 0.15) is 25.8 Å². The zero-order valence-electron chi connectivity index (χ0n) is 16.5. The molecule has 1 aliphatic rings. The molecule has 0 amide bonds. The number of carbonyl (C=O) groups excluding carboxylic acids is 1. The molecule has 152 valence electrons. The van der Waals surface area contributed by atoms with Gasteiger partial charge >= 0.3 is 0 Å². The van der Waals surface area contributed by atoms with E-state index < -0.39 is 14.4 Å². The Morgan fingerprint density at radius 2 is 1.41 bits per heavy atom. The van der Waals surface area contributed by atoms with E-state index in [0.717, 1.165) is 12.8 Å². The van der Waals surface area contributed by atoms with Crippen LogP contribution in [-0.4, -0.2) is 20.2 Å². The van der Waals surface area contributed by atoms with Gasteiger partial charge in [-0.25, -0.2) is 0 Å². The van der Waals surface area contributed by atoms with Gasteiger partial charge in [0.2, 0.25) is 8.32 Å². The number of rotatable bonds is 5. The Balaban J connectivity index is 2.48. The zero-order valence-corrected chi connectivity index (χ0v) is 20.5. The van der Waals surface area contributed by atoms with Crippen molar-refractivity contribution in [1.82, 2.24) is 0 Å². The van der Waals surface area contributed by atoms with Gasteiger partial charge in [-0.3, -0.25) is 4.79 Å². The highest BCUT2D eigenvalue weighted by atomic mass is 35.5. The lowest BCUT2D eigenvalue weighted by Gasteiger charge is -2.36. The normalized spacial score (nSPS) is 23.7. The van der Waals surface area contributed by atoms with Gasteiger partial charge in [-0.1, -0.05) is 67.2 Å². The van der Waals surface area contributed by atoms with Gasteiger partial charge in [0.25, 0.3) is 0 Å². The lowest BCUT2D eigenvalue weighted by atomic mass is 9.74. The maximum absolute atomic E-state index is 12.8. The van der Waals surface area contributed by atoms with Gasteiger partial charge in [-0.05, 0) is 38.4 Å². The maximum atomic E-state index is 12.8. The molecule has 0 spiro atoms. The Labute approximate surface area is 182 Å². The van der Waals surface area contributed by atoms with Gasteiger partial charge in [0.05, 0.1) is 0 Å². The van der Waals surface area contributed by atoms with Crippen molar-refractivity contribution in [2.45, 2.75) is 59.4 Å². The first-order valence-electron chi connectivity index (χ1n) is 9.10. The minimum atomic E-state index is -1.99. The number of hydrogen-bond donors (Lipinski definition) is 0. The molecule has 0 heterocycles. The first kappa shape index (κ1) is 23.1. The lowest BCUT2D eigenvalue weighted by molar-refractivity contribution is -0.136. The highest BCUT2D eigenvalue weighted by Crippen LogP contribution is 2.51. The first-order valence-corrected chi connectivity index (χ1v) is 14.0. The summed E-state index contributed by atoms with van der Waals surface area (Å²) < 4.78 is 12.0. The summed E-state index contributed by atoms with van der Waals surface area (Å²) in [6.45, 7) is 12.1. The fourth-order valence-electron chi connectivity index (χ4n) is 3.27. The number of Topliss-reactive ketones (excluding diaryl/α,β-unsaturated/α-hetero) is 1. The third kappa shape index (κ3) is 5.08. The third-order valence-corrected chi connectivity index (χ3v) is 7.23. The molecule has 3 atom stereocenters. The van der Waals surface area contributed by atoms with Crippen molar-refractivity contribution in [3.63, 3.8) is 0 Å². The van der Waals surface area contributed by atoms with Crippen molar-refractivity contribution in [3.05, 3.63) is 20.1 Å². The molecule has 0 N–H and O–H groups in total. The molecule has 1 saturated carbocycles. The van der Waals surface area contributed by atoms with Crippen molar-refractivity contribution in [3.8, 4) is 11.5 Å². The minimum Gasteiger partial charge on any atom is -0.542 e. The van der Waals surface area contributed by atoms with Crippen LogP contribution >= 0.6 is 46.4 Å². The van der Waals surface area contributed by atoms with Gasteiger partial charge in [-0.2, -0.15) is 0 Å². The van der Waals surface area contributed by atoms with E-state index in [0.29, 0.717) is 0 Å². The SMILES string of the molecule is CC1CCC(C(C)C)C(Oc2c(Cl)c(Cl)c(O[Si](C)(C)C)c(Cl)c2Cl)C1=O. The Morgan fingerprint density at radius 3 is 1.85 bits per heavy atom. The highest BCUT2D eigenvalue weighted by Gasteiger charge is 2.40. The monoisotopic (exact) mass is 470 g/mol. The van der Waals surface area contributed by atoms with E-state index in [4.69, 9.17) is 55.6 Å². The summed E-state index contributed by atoms with van der Waals surface area (Å²) >= 11 is 25.8. The van der Waals surface area contributed by atoms with Crippen LogP contribution in [0.1, 0.15) is 33.6 Å². The molecule has 0 bridgehead atoms. The minimum absolute atomic E-state index is 0.0572. The fraction of sp³-hybridized carbons (Fsp3) is 0.632. The van der Waals surface area contributed by atoms with E-state index in [-0.39, 0.29) is 55.1 Å². The van der Waals surface area contributed by atoms with E-state index in [9.17, 15) is 4.79 Å². The van der Waals surface area contributed by atoms with Crippen molar-refractivity contribution < 1.29 is 14.0 Å². The molecule has 1 fully saturated rings. The second-order valence-corrected chi connectivity index (χ2v) is 14.4. The summed E-state index contributed by atoms with van der Waals surface area (Å²) in [5.74, 6) is 0.767. The molecule has 27 heavy (non-hydrogen) atoms. The van der Waals surface area contributed by atoms with Gasteiger partial charge in [0.15, 0.2) is 17.6 Å². The summed E-state index contributed by atoms with van der Waals surface area (Å²) in [4.78, 5) is 12.8.